The van der Waals surface area contributed by atoms with Crippen LogP contribution >= 0.6 is 0 Å². The van der Waals surface area contributed by atoms with Gasteiger partial charge in [-0.1, -0.05) is 43.7 Å². The van der Waals surface area contributed by atoms with Crippen molar-refractivity contribution in [2.45, 2.75) is 38.1 Å². The van der Waals surface area contributed by atoms with E-state index in [2.05, 4.69) is 17.0 Å². The van der Waals surface area contributed by atoms with E-state index in [4.69, 9.17) is 4.74 Å². The first kappa shape index (κ1) is 20.9. The van der Waals surface area contributed by atoms with Gasteiger partial charge in [-0.05, 0) is 42.7 Å². The number of sulfonamides is 1. The number of rotatable bonds is 10. The summed E-state index contributed by atoms with van der Waals surface area (Å²) in [5.41, 5.74) is 1.53. The summed E-state index contributed by atoms with van der Waals surface area (Å²) in [5, 5.41) is 2.77. The van der Waals surface area contributed by atoms with Gasteiger partial charge in [-0.3, -0.25) is 4.79 Å². The molecule has 0 radical (unpaired) electrons. The summed E-state index contributed by atoms with van der Waals surface area (Å²) in [4.78, 5) is 11.9. The van der Waals surface area contributed by atoms with Gasteiger partial charge in [0.15, 0.2) is 6.61 Å². The molecule has 2 rings (SSSR count). The molecule has 0 aliphatic rings. The molecule has 0 fully saturated rings. The molecule has 7 heteroatoms. The third kappa shape index (κ3) is 6.69. The van der Waals surface area contributed by atoms with Crippen LogP contribution in [0.15, 0.2) is 53.4 Å². The van der Waals surface area contributed by atoms with Crippen molar-refractivity contribution in [3.63, 3.8) is 0 Å². The van der Waals surface area contributed by atoms with Crippen molar-refractivity contribution >= 4 is 15.9 Å². The Bertz CT molecular complexity index is 852. The maximum absolute atomic E-state index is 12.5. The van der Waals surface area contributed by atoms with Crippen LogP contribution in [-0.2, 0) is 21.4 Å². The monoisotopic (exact) mass is 390 g/mol. The van der Waals surface area contributed by atoms with Crippen LogP contribution in [0.5, 0.6) is 5.75 Å². The van der Waals surface area contributed by atoms with Gasteiger partial charge in [-0.2, -0.15) is 0 Å². The SMILES string of the molecule is CCCCNC(=O)COc1ccc(S(=O)(=O)NCc2ccccc2)cc1C. The van der Waals surface area contributed by atoms with Gasteiger partial charge in [0.1, 0.15) is 5.75 Å². The molecular weight excluding hydrogens is 364 g/mol. The first-order chi connectivity index (χ1) is 12.9. The lowest BCUT2D eigenvalue weighted by Crippen LogP contribution is -2.29. The van der Waals surface area contributed by atoms with Crippen molar-refractivity contribution in [3.05, 3.63) is 59.7 Å². The summed E-state index contributed by atoms with van der Waals surface area (Å²) in [6.45, 7) is 4.56. The van der Waals surface area contributed by atoms with E-state index in [1.165, 1.54) is 12.1 Å². The lowest BCUT2D eigenvalue weighted by atomic mass is 10.2. The highest BCUT2D eigenvalue weighted by Gasteiger charge is 2.15. The molecule has 0 atom stereocenters. The zero-order chi connectivity index (χ0) is 19.7. The van der Waals surface area contributed by atoms with Crippen molar-refractivity contribution in [2.75, 3.05) is 13.2 Å². The number of benzene rings is 2. The Morgan fingerprint density at radius 3 is 2.52 bits per heavy atom. The van der Waals surface area contributed by atoms with Gasteiger partial charge in [0.05, 0.1) is 4.90 Å². The number of unbranched alkanes of at least 4 members (excludes halogenated alkanes) is 1. The van der Waals surface area contributed by atoms with Crippen molar-refractivity contribution in [3.8, 4) is 5.75 Å². The summed E-state index contributed by atoms with van der Waals surface area (Å²) >= 11 is 0. The van der Waals surface area contributed by atoms with E-state index in [1.54, 1.807) is 13.0 Å². The van der Waals surface area contributed by atoms with Gasteiger partial charge < -0.3 is 10.1 Å². The molecule has 0 aliphatic heterocycles. The molecule has 0 unspecified atom stereocenters. The second kappa shape index (κ2) is 10.1. The normalized spacial score (nSPS) is 11.2. The quantitative estimate of drug-likeness (QED) is 0.611. The van der Waals surface area contributed by atoms with E-state index in [1.807, 2.05) is 30.3 Å². The largest absolute Gasteiger partial charge is 0.484 e. The maximum atomic E-state index is 12.5. The molecule has 0 heterocycles. The summed E-state index contributed by atoms with van der Waals surface area (Å²) in [7, 11) is -3.63. The smallest absolute Gasteiger partial charge is 0.257 e. The molecule has 146 valence electrons. The first-order valence-corrected chi connectivity index (χ1v) is 10.4. The Morgan fingerprint density at radius 2 is 1.85 bits per heavy atom. The molecule has 0 saturated heterocycles. The number of aryl methyl sites for hydroxylation is 1. The molecule has 0 bridgehead atoms. The Morgan fingerprint density at radius 1 is 1.11 bits per heavy atom. The van der Waals surface area contributed by atoms with Gasteiger partial charge in [-0.15, -0.1) is 0 Å². The molecule has 0 aromatic heterocycles. The minimum absolute atomic E-state index is 0.0943. The zero-order valence-corrected chi connectivity index (χ0v) is 16.5. The molecule has 6 nitrogen and oxygen atoms in total. The molecule has 0 spiro atoms. The van der Waals surface area contributed by atoms with E-state index in [9.17, 15) is 13.2 Å². The molecule has 2 aromatic carbocycles. The summed E-state index contributed by atoms with van der Waals surface area (Å²) < 4.78 is 33.0. The predicted molar refractivity (Wildman–Crippen MR) is 105 cm³/mol. The van der Waals surface area contributed by atoms with Crippen LogP contribution in [0.3, 0.4) is 0 Å². The molecular formula is C20H26N2O4S. The highest BCUT2D eigenvalue weighted by atomic mass is 32.2. The Hall–Kier alpha value is -2.38. The van der Waals surface area contributed by atoms with E-state index in [0.717, 1.165) is 18.4 Å². The summed E-state index contributed by atoms with van der Waals surface area (Å²) in [6.07, 6.45) is 1.93. The highest BCUT2D eigenvalue weighted by molar-refractivity contribution is 7.89. The van der Waals surface area contributed by atoms with Crippen molar-refractivity contribution in [1.82, 2.24) is 10.0 Å². The van der Waals surface area contributed by atoms with E-state index < -0.39 is 10.0 Å². The first-order valence-electron chi connectivity index (χ1n) is 8.96. The summed E-state index contributed by atoms with van der Waals surface area (Å²) in [6, 6.07) is 13.9. The third-order valence-electron chi connectivity index (χ3n) is 3.98. The van der Waals surface area contributed by atoms with E-state index in [-0.39, 0.29) is 24.0 Å². The second-order valence-electron chi connectivity index (χ2n) is 6.23. The topological polar surface area (TPSA) is 84.5 Å². The molecule has 1 amide bonds. The maximum Gasteiger partial charge on any atom is 0.257 e. The number of hydrogen-bond donors (Lipinski definition) is 2. The number of nitrogens with one attached hydrogen (secondary N) is 2. The number of amides is 1. The Kier molecular flexibility index (Phi) is 7.82. The lowest BCUT2D eigenvalue weighted by molar-refractivity contribution is -0.123. The molecule has 2 N–H and O–H groups in total. The number of ether oxygens (including phenoxy) is 1. The van der Waals surface area contributed by atoms with Gasteiger partial charge >= 0.3 is 0 Å². The molecule has 0 aliphatic carbocycles. The highest BCUT2D eigenvalue weighted by Crippen LogP contribution is 2.22. The van der Waals surface area contributed by atoms with Crippen LogP contribution in [0.1, 0.15) is 30.9 Å². The minimum atomic E-state index is -3.63. The van der Waals surface area contributed by atoms with Crippen molar-refractivity contribution < 1.29 is 17.9 Å². The van der Waals surface area contributed by atoms with Crippen LogP contribution in [0.2, 0.25) is 0 Å². The minimum Gasteiger partial charge on any atom is -0.484 e. The number of hydrogen-bond acceptors (Lipinski definition) is 4. The van der Waals surface area contributed by atoms with E-state index in [0.29, 0.717) is 17.9 Å². The predicted octanol–water partition coefficient (Wildman–Crippen LogP) is 2.77. The Labute approximate surface area is 161 Å². The number of carbonyl (C=O) groups is 1. The van der Waals surface area contributed by atoms with Gasteiger partial charge in [-0.25, -0.2) is 13.1 Å². The van der Waals surface area contributed by atoms with Gasteiger partial charge in [0.25, 0.3) is 5.91 Å². The van der Waals surface area contributed by atoms with Crippen molar-refractivity contribution in [2.24, 2.45) is 0 Å². The van der Waals surface area contributed by atoms with Gasteiger partial charge in [0.2, 0.25) is 10.0 Å². The van der Waals surface area contributed by atoms with Crippen molar-refractivity contribution in [1.29, 1.82) is 0 Å². The average Bonchev–Trinajstić information content (AvgIpc) is 2.66. The van der Waals surface area contributed by atoms with Gasteiger partial charge in [0, 0.05) is 13.1 Å². The van der Waals surface area contributed by atoms with Crippen LogP contribution in [0.25, 0.3) is 0 Å². The summed E-state index contributed by atoms with van der Waals surface area (Å²) in [5.74, 6) is 0.298. The van der Waals surface area contributed by atoms with Crippen LogP contribution < -0.4 is 14.8 Å². The van der Waals surface area contributed by atoms with Crippen LogP contribution in [-0.4, -0.2) is 27.5 Å². The molecule has 27 heavy (non-hydrogen) atoms. The Balaban J connectivity index is 1.95. The fourth-order valence-corrected chi connectivity index (χ4v) is 3.51. The third-order valence-corrected chi connectivity index (χ3v) is 5.38. The fourth-order valence-electron chi connectivity index (χ4n) is 2.41. The van der Waals surface area contributed by atoms with E-state index >= 15 is 0 Å². The van der Waals surface area contributed by atoms with Crippen LogP contribution in [0.4, 0.5) is 0 Å². The van der Waals surface area contributed by atoms with Crippen LogP contribution in [0, 0.1) is 6.92 Å². The fraction of sp³-hybridized carbons (Fsp3) is 0.350. The average molecular weight is 391 g/mol. The second-order valence-corrected chi connectivity index (χ2v) is 8.00. The standard InChI is InChI=1S/C20H26N2O4S/c1-3-4-12-21-20(23)15-26-19-11-10-18(13-16(19)2)27(24,25)22-14-17-8-6-5-7-9-17/h5-11,13,22H,3-4,12,14-15H2,1-2H3,(H,21,23). The molecule has 0 saturated carbocycles. The lowest BCUT2D eigenvalue weighted by Gasteiger charge is -2.12. The number of carbonyl (C=O) groups excluding carboxylic acids is 1. The zero-order valence-electron chi connectivity index (χ0n) is 15.7. The molecule has 2 aromatic rings.